The summed E-state index contributed by atoms with van der Waals surface area (Å²) in [5.74, 6) is -1.75. The van der Waals surface area contributed by atoms with Crippen molar-refractivity contribution in [1.29, 1.82) is 0 Å². The molecule has 0 spiro atoms. The molecule has 1 N–H and O–H groups in total. The number of carbonyl (C=O) groups excluding carboxylic acids is 1. The van der Waals surface area contributed by atoms with Crippen LogP contribution < -0.4 is 4.90 Å². The van der Waals surface area contributed by atoms with Gasteiger partial charge in [-0.05, 0) is 48.0 Å². The van der Waals surface area contributed by atoms with Gasteiger partial charge in [-0.25, -0.2) is 4.39 Å². The van der Waals surface area contributed by atoms with Crippen molar-refractivity contribution in [3.05, 3.63) is 100 Å². The van der Waals surface area contributed by atoms with Gasteiger partial charge in [-0.2, -0.15) is 18.3 Å². The molecule has 10 heteroatoms. The number of amides is 1. The normalized spacial score (nSPS) is 11.5. The first-order valence-electron chi connectivity index (χ1n) is 10.3. The molecule has 4 rings (SSSR count). The van der Waals surface area contributed by atoms with Crippen LogP contribution in [-0.2, 0) is 19.8 Å². The minimum Gasteiger partial charge on any atom is -0.507 e. The van der Waals surface area contributed by atoms with Gasteiger partial charge in [0.1, 0.15) is 11.6 Å². The Kier molecular flexibility index (Phi) is 6.53. The molecule has 0 aliphatic rings. The number of anilines is 1. The fourth-order valence-electron chi connectivity index (χ4n) is 3.60. The molecule has 3 aromatic carbocycles. The first-order chi connectivity index (χ1) is 16.5. The summed E-state index contributed by atoms with van der Waals surface area (Å²) >= 11 is 5.94. The summed E-state index contributed by atoms with van der Waals surface area (Å²) in [4.78, 5) is 14.6. The second-order valence-corrected chi connectivity index (χ2v) is 8.17. The number of phenolic OH excluding ortho intramolecular Hbond substituents is 1. The third kappa shape index (κ3) is 5.14. The summed E-state index contributed by atoms with van der Waals surface area (Å²) in [6.45, 7) is 0.0209. The smallest absolute Gasteiger partial charge is 0.435 e. The molecule has 1 heterocycles. The standard InChI is InChI=1S/C25H18ClF4N3O2/c1-32-21(13-23(31-32)25(28,29)30)19-11-10-17(12-22(19)34)33(14-15-6-8-16(26)9-7-15)24(35)18-4-2-3-5-20(18)27/h2-13,34H,14H2,1H3. The lowest BCUT2D eigenvalue weighted by Gasteiger charge is -2.24. The number of halogens is 5. The van der Waals surface area contributed by atoms with Crippen LogP contribution in [0.1, 0.15) is 21.6 Å². The molecule has 4 aromatic rings. The average Bonchev–Trinajstić information content (AvgIpc) is 3.20. The maximum atomic E-state index is 14.4. The molecule has 0 aliphatic carbocycles. The van der Waals surface area contributed by atoms with Crippen molar-refractivity contribution in [1.82, 2.24) is 9.78 Å². The third-order valence-electron chi connectivity index (χ3n) is 5.34. The Labute approximate surface area is 202 Å². The number of aromatic nitrogens is 2. The molecule has 1 aromatic heterocycles. The van der Waals surface area contributed by atoms with E-state index in [0.717, 1.165) is 16.8 Å². The number of aromatic hydroxyl groups is 1. The van der Waals surface area contributed by atoms with E-state index in [1.807, 2.05) is 0 Å². The highest BCUT2D eigenvalue weighted by atomic mass is 35.5. The molecular weight excluding hydrogens is 486 g/mol. The topological polar surface area (TPSA) is 58.4 Å². The number of benzene rings is 3. The van der Waals surface area contributed by atoms with Crippen molar-refractivity contribution in [2.45, 2.75) is 12.7 Å². The Hall–Kier alpha value is -3.85. The van der Waals surface area contributed by atoms with Crippen molar-refractivity contribution in [3.63, 3.8) is 0 Å². The summed E-state index contributed by atoms with van der Waals surface area (Å²) < 4.78 is 54.6. The van der Waals surface area contributed by atoms with Crippen molar-refractivity contribution in [3.8, 4) is 17.0 Å². The Morgan fingerprint density at radius 2 is 1.74 bits per heavy atom. The number of nitrogens with zero attached hydrogens (tertiary/aromatic N) is 3. The Balaban J connectivity index is 1.75. The second-order valence-electron chi connectivity index (χ2n) is 7.74. The lowest BCUT2D eigenvalue weighted by Crippen LogP contribution is -2.31. The van der Waals surface area contributed by atoms with Gasteiger partial charge >= 0.3 is 6.18 Å². The monoisotopic (exact) mass is 503 g/mol. The van der Waals surface area contributed by atoms with Gasteiger partial charge < -0.3 is 10.0 Å². The highest BCUT2D eigenvalue weighted by Crippen LogP contribution is 2.37. The minimum absolute atomic E-state index is 0.0209. The predicted octanol–water partition coefficient (Wildman–Crippen LogP) is 6.45. The molecule has 0 unspecified atom stereocenters. The molecule has 0 radical (unpaired) electrons. The number of phenols is 1. The average molecular weight is 504 g/mol. The first-order valence-corrected chi connectivity index (χ1v) is 10.7. The Bertz CT molecular complexity index is 1380. The van der Waals surface area contributed by atoms with Crippen molar-refractivity contribution in [2.75, 3.05) is 4.90 Å². The van der Waals surface area contributed by atoms with Crippen LogP contribution in [0.25, 0.3) is 11.3 Å². The molecule has 0 saturated heterocycles. The van der Waals surface area contributed by atoms with E-state index in [2.05, 4.69) is 5.10 Å². The van der Waals surface area contributed by atoms with E-state index < -0.39 is 23.6 Å². The zero-order chi connectivity index (χ0) is 25.3. The zero-order valence-corrected chi connectivity index (χ0v) is 19.0. The molecule has 0 aliphatic heterocycles. The quantitative estimate of drug-likeness (QED) is 0.318. The molecule has 35 heavy (non-hydrogen) atoms. The summed E-state index contributed by atoms with van der Waals surface area (Å²) in [7, 11) is 1.33. The lowest BCUT2D eigenvalue weighted by molar-refractivity contribution is -0.141. The molecule has 1 amide bonds. The summed E-state index contributed by atoms with van der Waals surface area (Å²) in [6, 6.07) is 17.1. The van der Waals surface area contributed by atoms with E-state index in [9.17, 15) is 27.5 Å². The van der Waals surface area contributed by atoms with E-state index in [4.69, 9.17) is 11.6 Å². The van der Waals surface area contributed by atoms with Gasteiger partial charge in [-0.3, -0.25) is 9.48 Å². The summed E-state index contributed by atoms with van der Waals surface area (Å²) in [5.41, 5.74) is -0.254. The summed E-state index contributed by atoms with van der Waals surface area (Å²) in [6.07, 6.45) is -4.65. The predicted molar refractivity (Wildman–Crippen MR) is 124 cm³/mol. The van der Waals surface area contributed by atoms with E-state index in [1.165, 1.54) is 48.3 Å². The number of aryl methyl sites for hydroxylation is 1. The number of alkyl halides is 3. The van der Waals surface area contributed by atoms with Crippen LogP contribution in [0.5, 0.6) is 5.75 Å². The van der Waals surface area contributed by atoms with Crippen molar-refractivity contribution in [2.24, 2.45) is 7.05 Å². The van der Waals surface area contributed by atoms with Gasteiger partial charge in [0.25, 0.3) is 5.91 Å². The van der Waals surface area contributed by atoms with Crippen LogP contribution in [0.15, 0.2) is 72.8 Å². The fraction of sp³-hybridized carbons (Fsp3) is 0.120. The van der Waals surface area contributed by atoms with E-state index >= 15 is 0 Å². The largest absolute Gasteiger partial charge is 0.507 e. The molecule has 0 bridgehead atoms. The SMILES string of the molecule is Cn1nc(C(F)(F)F)cc1-c1ccc(N(Cc2ccc(Cl)cc2)C(=O)c2ccccc2F)cc1O. The third-order valence-corrected chi connectivity index (χ3v) is 5.59. The Morgan fingerprint density at radius 3 is 2.34 bits per heavy atom. The van der Waals surface area contributed by atoms with Crippen LogP contribution in [-0.4, -0.2) is 20.8 Å². The molecule has 5 nitrogen and oxygen atoms in total. The highest BCUT2D eigenvalue weighted by Gasteiger charge is 2.35. The molecule has 0 saturated carbocycles. The lowest BCUT2D eigenvalue weighted by atomic mass is 10.1. The van der Waals surface area contributed by atoms with Gasteiger partial charge in [0.2, 0.25) is 0 Å². The van der Waals surface area contributed by atoms with E-state index in [0.29, 0.717) is 10.6 Å². The fourth-order valence-corrected chi connectivity index (χ4v) is 3.72. The van der Waals surface area contributed by atoms with Crippen LogP contribution >= 0.6 is 11.6 Å². The van der Waals surface area contributed by atoms with Crippen LogP contribution in [0.4, 0.5) is 23.2 Å². The number of rotatable bonds is 5. The van der Waals surface area contributed by atoms with Crippen molar-refractivity contribution < 1.29 is 27.5 Å². The van der Waals surface area contributed by atoms with Gasteiger partial charge in [-0.1, -0.05) is 35.9 Å². The van der Waals surface area contributed by atoms with Gasteiger partial charge in [0, 0.05) is 29.4 Å². The summed E-state index contributed by atoms with van der Waals surface area (Å²) in [5, 5.41) is 14.6. The zero-order valence-electron chi connectivity index (χ0n) is 18.2. The second kappa shape index (κ2) is 9.42. The Morgan fingerprint density at radius 1 is 1.06 bits per heavy atom. The van der Waals surface area contributed by atoms with E-state index in [-0.39, 0.29) is 34.8 Å². The van der Waals surface area contributed by atoms with Gasteiger partial charge in [0.15, 0.2) is 5.69 Å². The van der Waals surface area contributed by atoms with Gasteiger partial charge in [-0.15, -0.1) is 0 Å². The number of hydrogen-bond donors (Lipinski definition) is 1. The van der Waals surface area contributed by atoms with Crippen LogP contribution in [0.2, 0.25) is 5.02 Å². The van der Waals surface area contributed by atoms with Gasteiger partial charge in [0.05, 0.1) is 17.8 Å². The maximum Gasteiger partial charge on any atom is 0.435 e. The number of hydrogen-bond acceptors (Lipinski definition) is 3. The molecule has 0 fully saturated rings. The van der Waals surface area contributed by atoms with Crippen LogP contribution in [0.3, 0.4) is 0 Å². The minimum atomic E-state index is -4.65. The maximum absolute atomic E-state index is 14.4. The molecular formula is C25H18ClF4N3O2. The van der Waals surface area contributed by atoms with E-state index in [1.54, 1.807) is 24.3 Å². The molecule has 180 valence electrons. The van der Waals surface area contributed by atoms with Crippen LogP contribution in [0, 0.1) is 5.82 Å². The number of carbonyl (C=O) groups is 1. The van der Waals surface area contributed by atoms with Crippen molar-refractivity contribution >= 4 is 23.2 Å². The molecule has 0 atom stereocenters. The highest BCUT2D eigenvalue weighted by molar-refractivity contribution is 6.30. The first kappa shape index (κ1) is 24.3.